The van der Waals surface area contributed by atoms with E-state index in [0.717, 1.165) is 17.0 Å². The van der Waals surface area contributed by atoms with Crippen LogP contribution >= 0.6 is 24.0 Å². The summed E-state index contributed by atoms with van der Waals surface area (Å²) in [6.07, 6.45) is 1.92. The first kappa shape index (κ1) is 16.0. The molecule has 0 bridgehead atoms. The van der Waals surface area contributed by atoms with Gasteiger partial charge in [0.05, 0.1) is 4.91 Å². The minimum atomic E-state index is -0.114. The second-order valence-electron chi connectivity index (χ2n) is 5.73. The van der Waals surface area contributed by atoms with Gasteiger partial charge in [-0.3, -0.25) is 4.79 Å². The van der Waals surface area contributed by atoms with Crippen molar-refractivity contribution in [2.75, 3.05) is 0 Å². The van der Waals surface area contributed by atoms with Crippen molar-refractivity contribution >= 4 is 40.3 Å². The summed E-state index contributed by atoms with van der Waals surface area (Å²) in [7, 11) is 0. The minimum absolute atomic E-state index is 0.114. The third-order valence-corrected chi connectivity index (χ3v) is 5.38. The quantitative estimate of drug-likeness (QED) is 0.656. The molecule has 1 aromatic carbocycles. The average Bonchev–Trinajstić information content (AvgIpc) is 2.94. The third kappa shape index (κ3) is 2.86. The van der Waals surface area contributed by atoms with Crippen molar-refractivity contribution in [3.63, 3.8) is 0 Å². The Balaban J connectivity index is 2.11. The van der Waals surface area contributed by atoms with E-state index in [4.69, 9.17) is 12.2 Å². The average molecular weight is 342 g/mol. The molecule has 1 fully saturated rings. The summed E-state index contributed by atoms with van der Waals surface area (Å²) >= 11 is 6.36. The van der Waals surface area contributed by atoms with Crippen molar-refractivity contribution in [1.82, 2.24) is 9.88 Å². The number of aryl methyl sites for hydroxylation is 2. The van der Waals surface area contributed by atoms with E-state index in [1.807, 2.05) is 6.08 Å². The lowest BCUT2D eigenvalue weighted by molar-refractivity contribution is -0.115. The molecule has 1 aliphatic heterocycles. The Kier molecular flexibility index (Phi) is 4.17. The molecular formula is C18H18N2OS2. The molecule has 0 unspecified atom stereocenters. The Hall–Kier alpha value is -1.85. The fourth-order valence-electron chi connectivity index (χ4n) is 2.84. The van der Waals surface area contributed by atoms with Gasteiger partial charge in [-0.2, -0.15) is 0 Å². The maximum Gasteiger partial charge on any atom is 0.263 e. The second-order valence-corrected chi connectivity index (χ2v) is 7.45. The highest BCUT2D eigenvalue weighted by molar-refractivity contribution is 8.26. The van der Waals surface area contributed by atoms with Gasteiger partial charge in [0.25, 0.3) is 5.91 Å². The number of carbonyl (C=O) groups excluding carboxylic acids is 1. The molecule has 0 atom stereocenters. The molecule has 2 heterocycles. The van der Waals surface area contributed by atoms with Gasteiger partial charge in [0.15, 0.2) is 0 Å². The summed E-state index contributed by atoms with van der Waals surface area (Å²) in [5, 5.41) is 2.66. The molecule has 0 saturated carbocycles. The standard InChI is InChI=1S/C18H18N2OS2/c1-10-6-5-7-15(12(10)3)20-11(2)8-14(13(20)4)9-16-17(21)19-18(22)23-16/h5-9H,1-4H3,(H,19,21,22)/b16-9-. The molecule has 0 aliphatic carbocycles. The van der Waals surface area contributed by atoms with E-state index in [9.17, 15) is 4.79 Å². The van der Waals surface area contributed by atoms with Crippen molar-refractivity contribution in [1.29, 1.82) is 0 Å². The van der Waals surface area contributed by atoms with Crippen LogP contribution in [0.5, 0.6) is 0 Å². The molecule has 5 heteroatoms. The first-order valence-electron chi connectivity index (χ1n) is 7.39. The lowest BCUT2D eigenvalue weighted by Crippen LogP contribution is -2.17. The van der Waals surface area contributed by atoms with Crippen LogP contribution in [0.4, 0.5) is 0 Å². The zero-order valence-electron chi connectivity index (χ0n) is 13.6. The first-order valence-corrected chi connectivity index (χ1v) is 8.61. The summed E-state index contributed by atoms with van der Waals surface area (Å²) in [5.41, 5.74) is 7.03. The molecule has 118 valence electrons. The van der Waals surface area contributed by atoms with Crippen molar-refractivity contribution in [3.8, 4) is 5.69 Å². The highest BCUT2D eigenvalue weighted by Gasteiger charge is 2.23. The molecule has 1 N–H and O–H groups in total. The van der Waals surface area contributed by atoms with Gasteiger partial charge < -0.3 is 9.88 Å². The van der Waals surface area contributed by atoms with Crippen molar-refractivity contribution < 1.29 is 4.79 Å². The van der Waals surface area contributed by atoms with Gasteiger partial charge in [0, 0.05) is 17.1 Å². The highest BCUT2D eigenvalue weighted by atomic mass is 32.2. The number of thioether (sulfide) groups is 1. The zero-order chi connectivity index (χ0) is 16.7. The molecule has 1 aromatic heterocycles. The van der Waals surface area contributed by atoms with Crippen LogP contribution in [0, 0.1) is 27.7 Å². The highest BCUT2D eigenvalue weighted by Crippen LogP contribution is 2.30. The molecule has 1 amide bonds. The SMILES string of the molecule is Cc1cccc(-n2c(C)cc(/C=C3\SC(=S)NC3=O)c2C)c1C. The number of nitrogens with one attached hydrogen (secondary N) is 1. The lowest BCUT2D eigenvalue weighted by Gasteiger charge is -2.14. The molecule has 3 rings (SSSR count). The summed E-state index contributed by atoms with van der Waals surface area (Å²) in [5.74, 6) is -0.114. The van der Waals surface area contributed by atoms with E-state index in [0.29, 0.717) is 9.23 Å². The van der Waals surface area contributed by atoms with E-state index in [2.05, 4.69) is 61.8 Å². The Morgan fingerprint density at radius 2 is 1.96 bits per heavy atom. The predicted molar refractivity (Wildman–Crippen MR) is 101 cm³/mol. The molecule has 0 radical (unpaired) electrons. The maximum atomic E-state index is 11.9. The number of hydrogen-bond acceptors (Lipinski definition) is 3. The smallest absolute Gasteiger partial charge is 0.263 e. The van der Waals surface area contributed by atoms with E-state index in [1.54, 1.807) is 0 Å². The van der Waals surface area contributed by atoms with Crippen LogP contribution in [0.1, 0.15) is 28.1 Å². The zero-order valence-corrected chi connectivity index (χ0v) is 15.2. The molecule has 0 spiro atoms. The molecule has 23 heavy (non-hydrogen) atoms. The number of rotatable bonds is 2. The van der Waals surface area contributed by atoms with Gasteiger partial charge in [0.2, 0.25) is 0 Å². The number of carbonyl (C=O) groups is 1. The predicted octanol–water partition coefficient (Wildman–Crippen LogP) is 4.20. The molecular weight excluding hydrogens is 324 g/mol. The number of amides is 1. The van der Waals surface area contributed by atoms with Crippen molar-refractivity contribution in [2.45, 2.75) is 27.7 Å². The van der Waals surface area contributed by atoms with Crippen molar-refractivity contribution in [3.05, 3.63) is 57.2 Å². The number of hydrogen-bond donors (Lipinski definition) is 1. The van der Waals surface area contributed by atoms with Gasteiger partial charge >= 0.3 is 0 Å². The number of benzene rings is 1. The largest absolute Gasteiger partial charge is 0.318 e. The maximum absolute atomic E-state index is 11.9. The van der Waals surface area contributed by atoms with Gasteiger partial charge in [-0.1, -0.05) is 36.1 Å². The second kappa shape index (κ2) is 5.98. The van der Waals surface area contributed by atoms with Gasteiger partial charge in [0.1, 0.15) is 4.32 Å². The number of thiocarbonyl (C=S) groups is 1. The minimum Gasteiger partial charge on any atom is -0.318 e. The van der Waals surface area contributed by atoms with Gasteiger partial charge in [-0.25, -0.2) is 0 Å². The summed E-state index contributed by atoms with van der Waals surface area (Å²) in [4.78, 5) is 12.5. The van der Waals surface area contributed by atoms with E-state index >= 15 is 0 Å². The molecule has 3 nitrogen and oxygen atoms in total. The molecule has 1 aliphatic rings. The van der Waals surface area contributed by atoms with Crippen LogP contribution in [0.3, 0.4) is 0 Å². The number of nitrogens with zero attached hydrogens (tertiary/aromatic N) is 1. The van der Waals surface area contributed by atoms with Crippen LogP contribution in [0.2, 0.25) is 0 Å². The third-order valence-electron chi connectivity index (χ3n) is 4.22. The van der Waals surface area contributed by atoms with Crippen LogP contribution in [-0.2, 0) is 4.79 Å². The fraction of sp³-hybridized carbons (Fsp3) is 0.222. The van der Waals surface area contributed by atoms with E-state index in [1.165, 1.54) is 28.6 Å². The Morgan fingerprint density at radius 3 is 2.61 bits per heavy atom. The van der Waals surface area contributed by atoms with Crippen LogP contribution in [-0.4, -0.2) is 14.8 Å². The van der Waals surface area contributed by atoms with Crippen LogP contribution in [0.25, 0.3) is 11.8 Å². The Bertz CT molecular complexity index is 862. The van der Waals surface area contributed by atoms with Gasteiger partial charge in [-0.15, -0.1) is 0 Å². The molecule has 2 aromatic rings. The first-order chi connectivity index (χ1) is 10.9. The van der Waals surface area contributed by atoms with E-state index in [-0.39, 0.29) is 5.91 Å². The lowest BCUT2D eigenvalue weighted by atomic mass is 10.1. The topological polar surface area (TPSA) is 34.0 Å². The van der Waals surface area contributed by atoms with Crippen molar-refractivity contribution in [2.24, 2.45) is 0 Å². The van der Waals surface area contributed by atoms with Crippen LogP contribution in [0.15, 0.2) is 29.2 Å². The molecule has 1 saturated heterocycles. The van der Waals surface area contributed by atoms with E-state index < -0.39 is 0 Å². The van der Waals surface area contributed by atoms with Crippen LogP contribution < -0.4 is 5.32 Å². The monoisotopic (exact) mass is 342 g/mol. The summed E-state index contributed by atoms with van der Waals surface area (Å²) in [6.45, 7) is 8.43. The van der Waals surface area contributed by atoms with Gasteiger partial charge in [-0.05, 0) is 62.6 Å². The normalized spacial score (nSPS) is 16.3. The Morgan fingerprint density at radius 1 is 1.22 bits per heavy atom. The Labute approximate surface area is 145 Å². The summed E-state index contributed by atoms with van der Waals surface area (Å²) < 4.78 is 2.76. The fourth-order valence-corrected chi connectivity index (χ4v) is 3.88. The summed E-state index contributed by atoms with van der Waals surface area (Å²) in [6, 6.07) is 8.44. The number of aromatic nitrogens is 1.